The molecule has 0 aliphatic heterocycles. The van der Waals surface area contributed by atoms with E-state index in [-0.39, 0.29) is 10.6 Å². The average Bonchev–Trinajstić information content (AvgIpc) is 2.51. The van der Waals surface area contributed by atoms with E-state index >= 15 is 0 Å². The van der Waals surface area contributed by atoms with Gasteiger partial charge in [0.15, 0.2) is 0 Å². The van der Waals surface area contributed by atoms with Gasteiger partial charge in [-0.2, -0.15) is 0 Å². The predicted octanol–water partition coefficient (Wildman–Crippen LogP) is 4.55. The van der Waals surface area contributed by atoms with E-state index in [1.54, 1.807) is 19.1 Å². The molecule has 0 heterocycles. The molecule has 0 saturated heterocycles. The molecule has 108 valence electrons. The summed E-state index contributed by atoms with van der Waals surface area (Å²) in [6.07, 6.45) is -0.686. The van der Waals surface area contributed by atoms with Gasteiger partial charge in [0, 0.05) is 11.5 Å². The molecule has 0 bridgehead atoms. The smallest absolute Gasteiger partial charge is 0.277 e. The summed E-state index contributed by atoms with van der Waals surface area (Å²) in [6.45, 7) is 1.69. The van der Waals surface area contributed by atoms with Gasteiger partial charge in [-0.1, -0.05) is 30.3 Å². The Balaban J connectivity index is 2.37. The molecule has 0 saturated carbocycles. The number of nitro groups is 1. The first-order valence-corrected chi connectivity index (χ1v) is 7.11. The monoisotopic (exact) mass is 291 g/mol. The third-order valence-electron chi connectivity index (χ3n) is 4.30. The molecule has 0 aliphatic rings. The largest absolute Gasteiger partial charge is 0.389 e. The normalized spacial score (nSPS) is 13.2. The minimum absolute atomic E-state index is 0.0765. The van der Waals surface area contributed by atoms with Crippen LogP contribution in [0, 0.1) is 10.1 Å². The molecule has 1 unspecified atom stereocenters. The van der Waals surface area contributed by atoms with Crippen molar-refractivity contribution in [3.8, 4) is 0 Å². The van der Waals surface area contributed by atoms with E-state index in [4.69, 9.17) is 0 Å². The lowest BCUT2D eigenvalue weighted by atomic mass is 9.89. The topological polar surface area (TPSA) is 63.4 Å². The van der Waals surface area contributed by atoms with Crippen LogP contribution in [0.3, 0.4) is 0 Å². The van der Waals surface area contributed by atoms with Crippen LogP contribution in [0.5, 0.6) is 0 Å². The van der Waals surface area contributed by atoms with E-state index in [9.17, 15) is 15.2 Å². The minimum Gasteiger partial charge on any atom is -0.389 e. The fourth-order valence-electron chi connectivity index (χ4n) is 3.34. The highest BCUT2D eigenvalue weighted by atomic mass is 16.6. The molecule has 4 rings (SSSR count). The quantitative estimate of drug-likeness (QED) is 0.335. The third-order valence-corrected chi connectivity index (χ3v) is 4.30. The van der Waals surface area contributed by atoms with Gasteiger partial charge < -0.3 is 5.11 Å². The van der Waals surface area contributed by atoms with E-state index in [1.165, 1.54) is 6.07 Å². The van der Waals surface area contributed by atoms with Crippen LogP contribution in [0.2, 0.25) is 0 Å². The standard InChI is InChI=1S/C18H13NO3/c1-10(20)14-9-15-16(19(21)22)8-7-12-6-5-11-3-2-4-13(14)17(11)18(12)15/h2-10,20H,1H3. The SMILES string of the molecule is CC(O)c1cc2c([N+](=O)[O-])ccc3ccc4cccc1c4c32. The number of aliphatic hydroxyl groups is 1. The fraction of sp³-hybridized carbons (Fsp3) is 0.111. The summed E-state index contributed by atoms with van der Waals surface area (Å²) < 4.78 is 0. The lowest BCUT2D eigenvalue weighted by molar-refractivity contribution is -0.383. The number of aliphatic hydroxyl groups excluding tert-OH is 1. The zero-order valence-corrected chi connectivity index (χ0v) is 11.9. The maximum atomic E-state index is 11.4. The first-order chi connectivity index (χ1) is 10.6. The number of benzene rings is 4. The van der Waals surface area contributed by atoms with Crippen LogP contribution < -0.4 is 0 Å². The zero-order chi connectivity index (χ0) is 15.4. The van der Waals surface area contributed by atoms with Crippen LogP contribution >= 0.6 is 0 Å². The van der Waals surface area contributed by atoms with Gasteiger partial charge >= 0.3 is 0 Å². The van der Waals surface area contributed by atoms with Crippen molar-refractivity contribution in [2.45, 2.75) is 13.0 Å². The van der Waals surface area contributed by atoms with E-state index in [2.05, 4.69) is 0 Å². The van der Waals surface area contributed by atoms with Crippen molar-refractivity contribution in [2.75, 3.05) is 0 Å². The maximum Gasteiger partial charge on any atom is 0.277 e. The Morgan fingerprint density at radius 1 is 1.00 bits per heavy atom. The van der Waals surface area contributed by atoms with E-state index in [0.717, 1.165) is 32.5 Å². The van der Waals surface area contributed by atoms with Gasteiger partial charge in [0.25, 0.3) is 5.69 Å². The second-order valence-corrected chi connectivity index (χ2v) is 5.60. The molecule has 4 aromatic rings. The van der Waals surface area contributed by atoms with Crippen LogP contribution in [-0.2, 0) is 0 Å². The van der Waals surface area contributed by atoms with Crippen molar-refractivity contribution in [1.82, 2.24) is 0 Å². The lowest BCUT2D eigenvalue weighted by Gasteiger charge is -2.16. The number of non-ortho nitro benzene ring substituents is 1. The molecule has 0 spiro atoms. The van der Waals surface area contributed by atoms with Crippen molar-refractivity contribution in [3.05, 3.63) is 64.2 Å². The van der Waals surface area contributed by atoms with Crippen molar-refractivity contribution in [1.29, 1.82) is 0 Å². The molecule has 0 radical (unpaired) electrons. The number of nitro benzene ring substituents is 1. The Kier molecular flexibility index (Phi) is 2.59. The summed E-state index contributed by atoms with van der Waals surface area (Å²) in [5.74, 6) is 0. The highest BCUT2D eigenvalue weighted by Gasteiger charge is 2.20. The van der Waals surface area contributed by atoms with Gasteiger partial charge in [0.2, 0.25) is 0 Å². The summed E-state index contributed by atoms with van der Waals surface area (Å²) in [7, 11) is 0. The van der Waals surface area contributed by atoms with Crippen LogP contribution in [0.15, 0.2) is 48.5 Å². The Morgan fingerprint density at radius 2 is 1.64 bits per heavy atom. The van der Waals surface area contributed by atoms with Gasteiger partial charge in [-0.25, -0.2) is 0 Å². The molecule has 1 atom stereocenters. The van der Waals surface area contributed by atoms with E-state index in [1.807, 2.05) is 30.3 Å². The molecule has 1 N–H and O–H groups in total. The molecule has 0 fully saturated rings. The minimum atomic E-state index is -0.686. The van der Waals surface area contributed by atoms with E-state index in [0.29, 0.717) is 5.39 Å². The molecule has 4 nitrogen and oxygen atoms in total. The molecule has 4 heteroatoms. The molecule has 0 aliphatic carbocycles. The molecule has 0 aromatic heterocycles. The van der Waals surface area contributed by atoms with Crippen LogP contribution in [0.1, 0.15) is 18.6 Å². The van der Waals surface area contributed by atoms with Crippen molar-refractivity contribution < 1.29 is 10.0 Å². The summed E-state index contributed by atoms with van der Waals surface area (Å²) in [6, 6.07) is 15.0. The molecule has 4 aromatic carbocycles. The van der Waals surface area contributed by atoms with Gasteiger partial charge in [-0.15, -0.1) is 0 Å². The van der Waals surface area contributed by atoms with Crippen molar-refractivity contribution in [2.24, 2.45) is 0 Å². The molecule has 22 heavy (non-hydrogen) atoms. The first-order valence-electron chi connectivity index (χ1n) is 7.11. The summed E-state index contributed by atoms with van der Waals surface area (Å²) in [5.41, 5.74) is 0.799. The summed E-state index contributed by atoms with van der Waals surface area (Å²) >= 11 is 0. The summed E-state index contributed by atoms with van der Waals surface area (Å²) in [5, 5.41) is 26.9. The first kappa shape index (κ1) is 13.0. The number of rotatable bonds is 2. The number of hydrogen-bond acceptors (Lipinski definition) is 3. The second-order valence-electron chi connectivity index (χ2n) is 5.60. The highest BCUT2D eigenvalue weighted by molar-refractivity contribution is 6.25. The number of nitrogens with zero attached hydrogens (tertiary/aromatic N) is 1. The van der Waals surface area contributed by atoms with Crippen molar-refractivity contribution in [3.63, 3.8) is 0 Å². The Labute approximate surface area is 126 Å². The summed E-state index contributed by atoms with van der Waals surface area (Å²) in [4.78, 5) is 11.0. The van der Waals surface area contributed by atoms with Gasteiger partial charge in [0.05, 0.1) is 16.4 Å². The maximum absolute atomic E-state index is 11.4. The Bertz CT molecular complexity index is 1040. The Hall–Kier alpha value is -2.72. The third kappa shape index (κ3) is 1.61. The van der Waals surface area contributed by atoms with Gasteiger partial charge in [-0.3, -0.25) is 10.1 Å². The van der Waals surface area contributed by atoms with Crippen LogP contribution in [-0.4, -0.2) is 10.0 Å². The van der Waals surface area contributed by atoms with Crippen molar-refractivity contribution >= 4 is 38.0 Å². The molecular formula is C18H13NO3. The highest BCUT2D eigenvalue weighted by Crippen LogP contribution is 2.41. The number of hydrogen-bond donors (Lipinski definition) is 1. The second kappa shape index (κ2) is 4.39. The zero-order valence-electron chi connectivity index (χ0n) is 11.9. The molecular weight excluding hydrogens is 278 g/mol. The Morgan fingerprint density at radius 3 is 2.32 bits per heavy atom. The predicted molar refractivity (Wildman–Crippen MR) is 87.4 cm³/mol. The van der Waals surface area contributed by atoms with Crippen LogP contribution in [0.25, 0.3) is 32.3 Å². The van der Waals surface area contributed by atoms with Gasteiger partial charge in [0.1, 0.15) is 0 Å². The molecule has 0 amide bonds. The van der Waals surface area contributed by atoms with Crippen LogP contribution in [0.4, 0.5) is 5.69 Å². The van der Waals surface area contributed by atoms with E-state index < -0.39 is 6.10 Å². The lowest BCUT2D eigenvalue weighted by Crippen LogP contribution is -1.97. The van der Waals surface area contributed by atoms with Gasteiger partial charge in [-0.05, 0) is 46.2 Å². The average molecular weight is 291 g/mol. The fourth-order valence-corrected chi connectivity index (χ4v) is 3.34.